The van der Waals surface area contributed by atoms with Crippen molar-refractivity contribution in [1.29, 1.82) is 0 Å². The van der Waals surface area contributed by atoms with Gasteiger partial charge in [0.15, 0.2) is 0 Å². The summed E-state index contributed by atoms with van der Waals surface area (Å²) in [5.41, 5.74) is 9.98. The molecule has 1 aromatic rings. The lowest BCUT2D eigenvalue weighted by Gasteiger charge is -2.49. The molecule has 0 saturated heterocycles. The van der Waals surface area contributed by atoms with Gasteiger partial charge in [-0.05, 0) is 48.1 Å². The summed E-state index contributed by atoms with van der Waals surface area (Å²) in [5.74, 6) is 0.619. The van der Waals surface area contributed by atoms with Gasteiger partial charge in [-0.1, -0.05) is 38.1 Å². The quantitative estimate of drug-likeness (QED) is 0.842. The fourth-order valence-electron chi connectivity index (χ4n) is 3.60. The Morgan fingerprint density at radius 2 is 1.71 bits per heavy atom. The van der Waals surface area contributed by atoms with Gasteiger partial charge in [-0.15, -0.1) is 0 Å². The summed E-state index contributed by atoms with van der Waals surface area (Å²) in [5, 5.41) is 0. The molecule has 0 amide bonds. The summed E-state index contributed by atoms with van der Waals surface area (Å²) < 4.78 is 0. The molecule has 0 bridgehead atoms. The first kappa shape index (κ1) is 11.3. The first-order valence-electron chi connectivity index (χ1n) is 6.90. The predicted octanol–water partition coefficient (Wildman–Crippen LogP) is 3.58. The Kier molecular flexibility index (Phi) is 2.38. The Balaban J connectivity index is 1.83. The molecule has 0 radical (unpaired) electrons. The predicted molar refractivity (Wildman–Crippen MR) is 72.2 cm³/mol. The van der Waals surface area contributed by atoms with Crippen LogP contribution in [0.3, 0.4) is 0 Å². The van der Waals surface area contributed by atoms with Gasteiger partial charge in [0.1, 0.15) is 0 Å². The zero-order chi connectivity index (χ0) is 12.1. The highest BCUT2D eigenvalue weighted by Crippen LogP contribution is 2.68. The average Bonchev–Trinajstić information content (AvgIpc) is 3.07. The van der Waals surface area contributed by atoms with E-state index in [9.17, 15) is 0 Å². The zero-order valence-electron chi connectivity index (χ0n) is 11.0. The van der Waals surface area contributed by atoms with Crippen LogP contribution in [0.15, 0.2) is 24.3 Å². The topological polar surface area (TPSA) is 26.0 Å². The van der Waals surface area contributed by atoms with Crippen LogP contribution in [-0.4, -0.2) is 6.54 Å². The van der Waals surface area contributed by atoms with Crippen molar-refractivity contribution in [1.82, 2.24) is 0 Å². The van der Waals surface area contributed by atoms with Gasteiger partial charge in [-0.2, -0.15) is 0 Å². The Labute approximate surface area is 104 Å². The largest absolute Gasteiger partial charge is 0.330 e. The Hall–Kier alpha value is -0.820. The lowest BCUT2D eigenvalue weighted by atomic mass is 9.56. The van der Waals surface area contributed by atoms with Crippen LogP contribution < -0.4 is 5.73 Å². The SMILES string of the molecule is CC(C)c1ccc(C2(CN)CC3(CC3)C2)cc1. The van der Waals surface area contributed by atoms with Crippen LogP contribution in [0.2, 0.25) is 0 Å². The maximum absolute atomic E-state index is 6.05. The van der Waals surface area contributed by atoms with Gasteiger partial charge in [0.25, 0.3) is 0 Å². The number of hydrogen-bond acceptors (Lipinski definition) is 1. The highest BCUT2D eigenvalue weighted by atomic mass is 14.7. The van der Waals surface area contributed by atoms with E-state index in [2.05, 4.69) is 38.1 Å². The summed E-state index contributed by atoms with van der Waals surface area (Å²) in [6.07, 6.45) is 5.55. The Morgan fingerprint density at radius 3 is 2.12 bits per heavy atom. The molecule has 0 atom stereocenters. The summed E-state index contributed by atoms with van der Waals surface area (Å²) in [7, 11) is 0. The minimum absolute atomic E-state index is 0.312. The van der Waals surface area contributed by atoms with Crippen molar-refractivity contribution in [3.63, 3.8) is 0 Å². The molecule has 1 nitrogen and oxygen atoms in total. The molecule has 2 aliphatic rings. The fraction of sp³-hybridized carbons (Fsp3) is 0.625. The monoisotopic (exact) mass is 229 g/mol. The molecule has 2 N–H and O–H groups in total. The van der Waals surface area contributed by atoms with Crippen LogP contribution in [-0.2, 0) is 5.41 Å². The van der Waals surface area contributed by atoms with Gasteiger partial charge in [0.05, 0.1) is 0 Å². The van der Waals surface area contributed by atoms with Crippen molar-refractivity contribution in [3.05, 3.63) is 35.4 Å². The first-order chi connectivity index (χ1) is 8.09. The molecular weight excluding hydrogens is 206 g/mol. The summed E-state index contributed by atoms with van der Waals surface area (Å²) in [6.45, 7) is 5.31. The van der Waals surface area contributed by atoms with Gasteiger partial charge in [0.2, 0.25) is 0 Å². The molecule has 0 aliphatic heterocycles. The second kappa shape index (κ2) is 3.58. The molecular formula is C16H23N. The van der Waals surface area contributed by atoms with E-state index in [1.165, 1.54) is 36.8 Å². The minimum atomic E-state index is 0.312. The van der Waals surface area contributed by atoms with E-state index in [1.807, 2.05) is 0 Å². The summed E-state index contributed by atoms with van der Waals surface area (Å²) in [6, 6.07) is 9.21. The Bertz CT molecular complexity index is 404. The van der Waals surface area contributed by atoms with E-state index >= 15 is 0 Å². The summed E-state index contributed by atoms with van der Waals surface area (Å²) in [4.78, 5) is 0. The molecule has 2 fully saturated rings. The molecule has 0 aromatic heterocycles. The van der Waals surface area contributed by atoms with Crippen molar-refractivity contribution in [2.24, 2.45) is 11.1 Å². The van der Waals surface area contributed by atoms with E-state index < -0.39 is 0 Å². The molecule has 1 spiro atoms. The standard InChI is InChI=1S/C16H23N/c1-12(2)13-3-5-14(6-4-13)16(11-17)9-15(10-16)7-8-15/h3-6,12H,7-11,17H2,1-2H3. The van der Waals surface area contributed by atoms with Crippen molar-refractivity contribution in [2.45, 2.75) is 50.9 Å². The van der Waals surface area contributed by atoms with Crippen LogP contribution in [0.1, 0.15) is 56.6 Å². The minimum Gasteiger partial charge on any atom is -0.330 e. The van der Waals surface area contributed by atoms with Gasteiger partial charge < -0.3 is 5.73 Å². The second-order valence-electron chi connectivity index (χ2n) is 6.61. The van der Waals surface area contributed by atoms with Gasteiger partial charge in [0, 0.05) is 12.0 Å². The van der Waals surface area contributed by atoms with E-state index in [4.69, 9.17) is 5.73 Å². The van der Waals surface area contributed by atoms with Crippen molar-refractivity contribution in [3.8, 4) is 0 Å². The third-order valence-corrected chi connectivity index (χ3v) is 4.96. The van der Waals surface area contributed by atoms with Crippen molar-refractivity contribution in [2.75, 3.05) is 6.54 Å². The lowest BCUT2D eigenvalue weighted by Crippen LogP contribution is -2.48. The second-order valence-corrected chi connectivity index (χ2v) is 6.61. The van der Waals surface area contributed by atoms with E-state index in [-0.39, 0.29) is 0 Å². The van der Waals surface area contributed by atoms with Crippen molar-refractivity contribution >= 4 is 0 Å². The van der Waals surface area contributed by atoms with Gasteiger partial charge in [-0.3, -0.25) is 0 Å². The van der Waals surface area contributed by atoms with Crippen LogP contribution in [0.5, 0.6) is 0 Å². The molecule has 1 heteroatoms. The molecule has 17 heavy (non-hydrogen) atoms. The van der Waals surface area contributed by atoms with Crippen LogP contribution in [0, 0.1) is 5.41 Å². The van der Waals surface area contributed by atoms with Crippen LogP contribution in [0.25, 0.3) is 0 Å². The van der Waals surface area contributed by atoms with Crippen LogP contribution in [0.4, 0.5) is 0 Å². The zero-order valence-corrected chi connectivity index (χ0v) is 11.0. The fourth-order valence-corrected chi connectivity index (χ4v) is 3.60. The number of benzene rings is 1. The first-order valence-corrected chi connectivity index (χ1v) is 6.90. The molecule has 92 valence electrons. The third-order valence-electron chi connectivity index (χ3n) is 4.96. The molecule has 0 unspecified atom stereocenters. The average molecular weight is 229 g/mol. The highest BCUT2D eigenvalue weighted by Gasteiger charge is 2.60. The van der Waals surface area contributed by atoms with E-state index in [1.54, 1.807) is 0 Å². The molecule has 3 rings (SSSR count). The highest BCUT2D eigenvalue weighted by molar-refractivity contribution is 5.36. The molecule has 1 aromatic carbocycles. The normalized spacial score (nSPS) is 23.8. The van der Waals surface area contributed by atoms with Crippen molar-refractivity contribution < 1.29 is 0 Å². The maximum atomic E-state index is 6.05. The lowest BCUT2D eigenvalue weighted by molar-refractivity contribution is 0.126. The molecule has 2 aliphatic carbocycles. The smallest absolute Gasteiger partial charge is 0.00861 e. The molecule has 2 saturated carbocycles. The number of nitrogens with two attached hydrogens (primary N) is 1. The van der Waals surface area contributed by atoms with Gasteiger partial charge >= 0.3 is 0 Å². The maximum Gasteiger partial charge on any atom is 0.00861 e. The van der Waals surface area contributed by atoms with E-state index in [0.29, 0.717) is 11.3 Å². The number of rotatable bonds is 3. The summed E-state index contributed by atoms with van der Waals surface area (Å²) >= 11 is 0. The van der Waals surface area contributed by atoms with E-state index in [0.717, 1.165) is 12.0 Å². The molecule has 0 heterocycles. The van der Waals surface area contributed by atoms with Crippen LogP contribution >= 0.6 is 0 Å². The third kappa shape index (κ3) is 1.72. The van der Waals surface area contributed by atoms with Gasteiger partial charge in [-0.25, -0.2) is 0 Å². The number of hydrogen-bond donors (Lipinski definition) is 1. The Morgan fingerprint density at radius 1 is 1.12 bits per heavy atom.